The minimum absolute atomic E-state index is 0.0358. The first-order chi connectivity index (χ1) is 12.1. The SMILES string of the molecule is O=C(Nc1ccc(OCc2cccc(F)c2)c(F)c1)N1CCOCC1. The molecule has 2 aromatic carbocycles. The minimum atomic E-state index is -0.601. The first kappa shape index (κ1) is 17.2. The molecule has 1 aliphatic rings. The number of carbonyl (C=O) groups is 1. The third-order valence-electron chi connectivity index (χ3n) is 3.76. The summed E-state index contributed by atoms with van der Waals surface area (Å²) >= 11 is 0. The van der Waals surface area contributed by atoms with E-state index < -0.39 is 5.82 Å². The second-order valence-corrected chi connectivity index (χ2v) is 5.59. The molecule has 132 valence electrons. The van der Waals surface area contributed by atoms with Crippen LogP contribution in [-0.4, -0.2) is 37.2 Å². The summed E-state index contributed by atoms with van der Waals surface area (Å²) in [6.07, 6.45) is 0. The Kier molecular flexibility index (Phi) is 5.45. The number of nitrogens with zero attached hydrogens (tertiary/aromatic N) is 1. The van der Waals surface area contributed by atoms with Gasteiger partial charge in [-0.05, 0) is 29.8 Å². The fraction of sp³-hybridized carbons (Fsp3) is 0.278. The van der Waals surface area contributed by atoms with Gasteiger partial charge in [-0.25, -0.2) is 13.6 Å². The number of hydrogen-bond acceptors (Lipinski definition) is 3. The molecule has 1 heterocycles. The zero-order chi connectivity index (χ0) is 17.6. The van der Waals surface area contributed by atoms with E-state index >= 15 is 0 Å². The molecule has 1 fully saturated rings. The molecule has 25 heavy (non-hydrogen) atoms. The molecule has 0 aliphatic carbocycles. The van der Waals surface area contributed by atoms with Gasteiger partial charge in [-0.3, -0.25) is 0 Å². The molecule has 5 nitrogen and oxygen atoms in total. The van der Waals surface area contributed by atoms with E-state index in [0.29, 0.717) is 37.6 Å². The van der Waals surface area contributed by atoms with Crippen LogP contribution in [0.3, 0.4) is 0 Å². The number of rotatable bonds is 4. The van der Waals surface area contributed by atoms with Crippen LogP contribution in [0.4, 0.5) is 19.3 Å². The Morgan fingerprint density at radius 2 is 1.96 bits per heavy atom. The van der Waals surface area contributed by atoms with Gasteiger partial charge in [0.1, 0.15) is 12.4 Å². The number of urea groups is 1. The molecule has 1 N–H and O–H groups in total. The number of carbonyl (C=O) groups excluding carboxylic acids is 1. The lowest BCUT2D eigenvalue weighted by Gasteiger charge is -2.26. The Bertz CT molecular complexity index is 749. The lowest BCUT2D eigenvalue weighted by atomic mass is 10.2. The molecule has 0 aromatic heterocycles. The van der Waals surface area contributed by atoms with Crippen LogP contribution in [0.1, 0.15) is 5.56 Å². The average Bonchev–Trinajstić information content (AvgIpc) is 2.62. The van der Waals surface area contributed by atoms with Crippen LogP contribution in [0.15, 0.2) is 42.5 Å². The van der Waals surface area contributed by atoms with Gasteiger partial charge in [0.05, 0.1) is 13.2 Å². The van der Waals surface area contributed by atoms with E-state index in [1.165, 1.54) is 24.3 Å². The Balaban J connectivity index is 1.59. The van der Waals surface area contributed by atoms with Crippen molar-refractivity contribution >= 4 is 11.7 Å². The van der Waals surface area contributed by atoms with Crippen LogP contribution in [-0.2, 0) is 11.3 Å². The van der Waals surface area contributed by atoms with Crippen LogP contribution < -0.4 is 10.1 Å². The standard InChI is InChI=1S/C18H18F2N2O3/c19-14-3-1-2-13(10-14)12-25-17-5-4-15(11-16(17)20)21-18(23)22-6-8-24-9-7-22/h1-5,10-11H,6-9,12H2,(H,21,23). The largest absolute Gasteiger partial charge is 0.486 e. The molecule has 0 spiro atoms. The van der Waals surface area contributed by atoms with Gasteiger partial charge in [-0.2, -0.15) is 0 Å². The maximum Gasteiger partial charge on any atom is 0.322 e. The summed E-state index contributed by atoms with van der Waals surface area (Å²) in [4.78, 5) is 13.7. The van der Waals surface area contributed by atoms with Crippen molar-refractivity contribution in [1.82, 2.24) is 4.90 Å². The van der Waals surface area contributed by atoms with Gasteiger partial charge in [0, 0.05) is 24.8 Å². The Morgan fingerprint density at radius 1 is 1.16 bits per heavy atom. The molecular weight excluding hydrogens is 330 g/mol. The number of anilines is 1. The Morgan fingerprint density at radius 3 is 2.68 bits per heavy atom. The molecule has 7 heteroatoms. The average molecular weight is 348 g/mol. The molecule has 1 aliphatic heterocycles. The Hall–Kier alpha value is -2.67. The van der Waals surface area contributed by atoms with Gasteiger partial charge in [-0.15, -0.1) is 0 Å². The number of amides is 2. The molecular formula is C18H18F2N2O3. The fourth-order valence-corrected chi connectivity index (χ4v) is 2.45. The van der Waals surface area contributed by atoms with Crippen molar-refractivity contribution in [2.45, 2.75) is 6.61 Å². The molecule has 3 rings (SSSR count). The molecule has 1 saturated heterocycles. The van der Waals surface area contributed by atoms with Gasteiger partial charge in [-0.1, -0.05) is 12.1 Å². The second-order valence-electron chi connectivity index (χ2n) is 5.59. The van der Waals surface area contributed by atoms with Crippen molar-refractivity contribution in [2.75, 3.05) is 31.6 Å². The summed E-state index contributed by atoms with van der Waals surface area (Å²) in [5, 5.41) is 2.65. The van der Waals surface area contributed by atoms with Gasteiger partial charge in [0.2, 0.25) is 0 Å². The quantitative estimate of drug-likeness (QED) is 0.921. The maximum absolute atomic E-state index is 14.1. The summed E-state index contributed by atoms with van der Waals surface area (Å²) in [5.74, 6) is -0.937. The minimum Gasteiger partial charge on any atom is -0.486 e. The summed E-state index contributed by atoms with van der Waals surface area (Å²) < 4.78 is 37.8. The highest BCUT2D eigenvalue weighted by Gasteiger charge is 2.17. The van der Waals surface area contributed by atoms with Crippen molar-refractivity contribution in [3.05, 3.63) is 59.7 Å². The maximum atomic E-state index is 14.1. The highest BCUT2D eigenvalue weighted by Crippen LogP contribution is 2.22. The number of benzene rings is 2. The zero-order valence-electron chi connectivity index (χ0n) is 13.5. The number of halogens is 2. The smallest absolute Gasteiger partial charge is 0.322 e. The van der Waals surface area contributed by atoms with E-state index in [0.717, 1.165) is 0 Å². The number of ether oxygens (including phenoxy) is 2. The summed E-state index contributed by atoms with van der Waals surface area (Å²) in [6, 6.07) is 9.80. The normalized spacial score (nSPS) is 14.2. The van der Waals surface area contributed by atoms with Crippen LogP contribution in [0.2, 0.25) is 0 Å². The number of hydrogen-bond donors (Lipinski definition) is 1. The molecule has 0 radical (unpaired) electrons. The van der Waals surface area contributed by atoms with Crippen LogP contribution >= 0.6 is 0 Å². The number of nitrogens with one attached hydrogen (secondary N) is 1. The van der Waals surface area contributed by atoms with Gasteiger partial charge < -0.3 is 19.7 Å². The second kappa shape index (κ2) is 7.94. The van der Waals surface area contributed by atoms with Crippen molar-refractivity contribution in [2.24, 2.45) is 0 Å². The summed E-state index contributed by atoms with van der Waals surface area (Å²) in [6.45, 7) is 2.05. The Labute approximate surface area is 144 Å². The highest BCUT2D eigenvalue weighted by atomic mass is 19.1. The third kappa shape index (κ3) is 4.67. The lowest BCUT2D eigenvalue weighted by Crippen LogP contribution is -2.43. The topological polar surface area (TPSA) is 50.8 Å². The molecule has 2 aromatic rings. The first-order valence-electron chi connectivity index (χ1n) is 7.92. The van der Waals surface area contributed by atoms with Crippen LogP contribution in [0.25, 0.3) is 0 Å². The summed E-state index contributed by atoms with van der Waals surface area (Å²) in [5.41, 5.74) is 0.941. The predicted molar refractivity (Wildman–Crippen MR) is 88.5 cm³/mol. The van der Waals surface area contributed by atoms with E-state index in [1.54, 1.807) is 23.1 Å². The van der Waals surface area contributed by atoms with Gasteiger partial charge >= 0.3 is 6.03 Å². The highest BCUT2D eigenvalue weighted by molar-refractivity contribution is 5.89. The molecule has 2 amide bonds. The van der Waals surface area contributed by atoms with Crippen molar-refractivity contribution < 1.29 is 23.0 Å². The van der Waals surface area contributed by atoms with E-state index in [9.17, 15) is 13.6 Å². The molecule has 0 saturated carbocycles. The van der Waals surface area contributed by atoms with Crippen molar-refractivity contribution in [3.63, 3.8) is 0 Å². The number of morpholine rings is 1. The van der Waals surface area contributed by atoms with Gasteiger partial charge in [0.25, 0.3) is 0 Å². The van der Waals surface area contributed by atoms with E-state index in [2.05, 4.69) is 5.32 Å². The summed E-state index contributed by atoms with van der Waals surface area (Å²) in [7, 11) is 0. The lowest BCUT2D eigenvalue weighted by molar-refractivity contribution is 0.0564. The van der Waals surface area contributed by atoms with E-state index in [-0.39, 0.29) is 24.2 Å². The molecule has 0 unspecified atom stereocenters. The van der Waals surface area contributed by atoms with Crippen molar-refractivity contribution in [1.29, 1.82) is 0 Å². The molecule has 0 atom stereocenters. The fourth-order valence-electron chi connectivity index (χ4n) is 2.45. The van der Waals surface area contributed by atoms with Crippen LogP contribution in [0.5, 0.6) is 5.75 Å². The zero-order valence-corrected chi connectivity index (χ0v) is 13.5. The van der Waals surface area contributed by atoms with Gasteiger partial charge in [0.15, 0.2) is 11.6 Å². The monoisotopic (exact) mass is 348 g/mol. The van der Waals surface area contributed by atoms with E-state index in [1.807, 2.05) is 0 Å². The first-order valence-corrected chi connectivity index (χ1v) is 7.92. The third-order valence-corrected chi connectivity index (χ3v) is 3.76. The van der Waals surface area contributed by atoms with Crippen molar-refractivity contribution in [3.8, 4) is 5.75 Å². The molecule has 0 bridgehead atoms. The predicted octanol–water partition coefficient (Wildman–Crippen LogP) is 3.41. The van der Waals surface area contributed by atoms with E-state index in [4.69, 9.17) is 9.47 Å². The van der Waals surface area contributed by atoms with Crippen LogP contribution in [0, 0.1) is 11.6 Å².